The molecule has 148 valence electrons. The monoisotopic (exact) mass is 373 g/mol. The Hall–Kier alpha value is -2.08. The van der Waals surface area contributed by atoms with Crippen LogP contribution in [0.5, 0.6) is 5.75 Å². The molecular weight excluding hydrogens is 342 g/mol. The maximum atomic E-state index is 12.7. The molecule has 2 heterocycles. The molecule has 2 fully saturated rings. The molecule has 6 heteroatoms. The van der Waals surface area contributed by atoms with Crippen LogP contribution >= 0.6 is 0 Å². The number of methoxy groups -OCH3 is 1. The van der Waals surface area contributed by atoms with Crippen molar-refractivity contribution in [3.8, 4) is 5.75 Å². The third-order valence-corrected chi connectivity index (χ3v) is 5.67. The number of benzene rings is 1. The van der Waals surface area contributed by atoms with Gasteiger partial charge in [0, 0.05) is 64.1 Å². The summed E-state index contributed by atoms with van der Waals surface area (Å²) in [5, 5.41) is 0. The minimum absolute atomic E-state index is 0.0231. The van der Waals surface area contributed by atoms with Gasteiger partial charge < -0.3 is 14.5 Å². The predicted octanol–water partition coefficient (Wildman–Crippen LogP) is 1.84. The summed E-state index contributed by atoms with van der Waals surface area (Å²) >= 11 is 0. The van der Waals surface area contributed by atoms with E-state index in [-0.39, 0.29) is 23.1 Å². The molecule has 0 radical (unpaired) electrons. The summed E-state index contributed by atoms with van der Waals surface area (Å²) in [5.74, 6) is 1.19. The van der Waals surface area contributed by atoms with Gasteiger partial charge in [-0.05, 0) is 17.7 Å². The van der Waals surface area contributed by atoms with Gasteiger partial charge in [0.15, 0.2) is 0 Å². The first-order valence-electron chi connectivity index (χ1n) is 9.70. The number of nitrogens with zero attached hydrogens (tertiary/aromatic N) is 3. The highest BCUT2D eigenvalue weighted by Gasteiger charge is 2.46. The van der Waals surface area contributed by atoms with Crippen molar-refractivity contribution in [1.29, 1.82) is 0 Å². The minimum Gasteiger partial charge on any atom is -0.497 e. The quantitative estimate of drug-likeness (QED) is 0.808. The van der Waals surface area contributed by atoms with E-state index >= 15 is 0 Å². The van der Waals surface area contributed by atoms with Crippen molar-refractivity contribution in [3.63, 3.8) is 0 Å². The molecule has 2 aliphatic rings. The zero-order chi connectivity index (χ0) is 19.6. The number of likely N-dealkylation sites (tertiary alicyclic amines) is 1. The number of hydrogen-bond donors (Lipinski definition) is 0. The molecule has 2 saturated heterocycles. The molecule has 2 aliphatic heterocycles. The van der Waals surface area contributed by atoms with Gasteiger partial charge in [-0.3, -0.25) is 14.5 Å². The van der Waals surface area contributed by atoms with Gasteiger partial charge in [-0.2, -0.15) is 0 Å². The maximum Gasteiger partial charge on any atom is 0.225 e. The van der Waals surface area contributed by atoms with Crippen molar-refractivity contribution in [1.82, 2.24) is 14.7 Å². The molecule has 27 heavy (non-hydrogen) atoms. The van der Waals surface area contributed by atoms with Crippen LogP contribution in [0.2, 0.25) is 0 Å². The van der Waals surface area contributed by atoms with Gasteiger partial charge in [0.1, 0.15) is 5.75 Å². The zero-order valence-corrected chi connectivity index (χ0v) is 16.9. The topological polar surface area (TPSA) is 53.1 Å². The molecule has 1 atom stereocenters. The van der Waals surface area contributed by atoms with Gasteiger partial charge in [-0.25, -0.2) is 0 Å². The lowest BCUT2D eigenvalue weighted by atomic mass is 9.85. The molecule has 6 nitrogen and oxygen atoms in total. The van der Waals surface area contributed by atoms with E-state index in [4.69, 9.17) is 4.74 Å². The molecule has 1 aromatic carbocycles. The Kier molecular flexibility index (Phi) is 5.75. The van der Waals surface area contributed by atoms with Crippen molar-refractivity contribution in [3.05, 3.63) is 29.8 Å². The first-order chi connectivity index (χ1) is 12.8. The first kappa shape index (κ1) is 19.7. The Morgan fingerprint density at radius 2 is 1.85 bits per heavy atom. The molecule has 0 unspecified atom stereocenters. The van der Waals surface area contributed by atoms with Crippen LogP contribution in [0.25, 0.3) is 0 Å². The first-order valence-corrected chi connectivity index (χ1v) is 9.70. The van der Waals surface area contributed by atoms with Gasteiger partial charge in [0.05, 0.1) is 7.11 Å². The minimum atomic E-state index is -0.181. The largest absolute Gasteiger partial charge is 0.497 e. The van der Waals surface area contributed by atoms with Crippen LogP contribution in [0.1, 0.15) is 25.8 Å². The van der Waals surface area contributed by atoms with Gasteiger partial charge in [-0.15, -0.1) is 0 Å². The lowest BCUT2D eigenvalue weighted by molar-refractivity contribution is -0.135. The molecule has 0 bridgehead atoms. The Bertz CT molecular complexity index is 688. The van der Waals surface area contributed by atoms with Crippen molar-refractivity contribution in [2.75, 3.05) is 46.9 Å². The van der Waals surface area contributed by atoms with E-state index in [0.717, 1.165) is 25.4 Å². The van der Waals surface area contributed by atoms with E-state index < -0.39 is 0 Å². The van der Waals surface area contributed by atoms with Crippen LogP contribution in [0.4, 0.5) is 0 Å². The number of ether oxygens (including phenoxy) is 1. The normalized spacial score (nSPS) is 24.0. The molecule has 0 N–H and O–H groups in total. The molecule has 0 saturated carbocycles. The highest BCUT2D eigenvalue weighted by Crippen LogP contribution is 2.35. The van der Waals surface area contributed by atoms with Crippen LogP contribution in [-0.2, 0) is 16.1 Å². The average Bonchev–Trinajstić information content (AvgIpc) is 2.80. The second-order valence-electron chi connectivity index (χ2n) is 8.40. The van der Waals surface area contributed by atoms with Crippen molar-refractivity contribution < 1.29 is 14.3 Å². The van der Waals surface area contributed by atoms with Crippen molar-refractivity contribution in [2.45, 2.75) is 26.8 Å². The smallest absolute Gasteiger partial charge is 0.225 e. The van der Waals surface area contributed by atoms with Gasteiger partial charge >= 0.3 is 0 Å². The average molecular weight is 373 g/mol. The second kappa shape index (κ2) is 7.89. The van der Waals surface area contributed by atoms with E-state index in [1.165, 1.54) is 5.56 Å². The molecular formula is C21H31N3O3. The summed E-state index contributed by atoms with van der Waals surface area (Å²) in [7, 11) is 3.53. The Morgan fingerprint density at radius 1 is 1.15 bits per heavy atom. The Labute approximate surface area is 162 Å². The number of amides is 2. The van der Waals surface area contributed by atoms with Crippen molar-refractivity contribution >= 4 is 11.8 Å². The van der Waals surface area contributed by atoms with Crippen LogP contribution in [0, 0.1) is 11.3 Å². The third kappa shape index (κ3) is 4.43. The number of carbonyl (C=O) groups is 2. The molecule has 3 rings (SSSR count). The number of carbonyl (C=O) groups excluding carboxylic acids is 2. The number of rotatable bonds is 4. The summed E-state index contributed by atoms with van der Waals surface area (Å²) in [6.45, 7) is 8.45. The van der Waals surface area contributed by atoms with Gasteiger partial charge in [0.2, 0.25) is 11.8 Å². The van der Waals surface area contributed by atoms with Gasteiger partial charge in [-0.1, -0.05) is 26.0 Å². The fourth-order valence-corrected chi connectivity index (χ4v) is 4.34. The summed E-state index contributed by atoms with van der Waals surface area (Å²) < 4.78 is 5.24. The second-order valence-corrected chi connectivity index (χ2v) is 8.40. The van der Waals surface area contributed by atoms with Crippen LogP contribution in [0.15, 0.2) is 24.3 Å². The third-order valence-electron chi connectivity index (χ3n) is 5.67. The van der Waals surface area contributed by atoms with E-state index in [2.05, 4.69) is 17.0 Å². The zero-order valence-electron chi connectivity index (χ0n) is 16.9. The molecule has 0 aliphatic carbocycles. The standard InChI is InChI=1S/C21H31N3O3/c1-16(2)20(26)24-10-9-23(12-17-5-7-18(27-4)8-6-17)14-21(15-24)11-19(25)22(3)13-21/h5-8,16H,9-15H2,1-4H3/t21-/m0/s1. The SMILES string of the molecule is COc1ccc(CN2CCN(C(=O)C(C)C)C[C@]3(CC(=O)N(C)C3)C2)cc1. The van der Waals surface area contributed by atoms with E-state index in [1.807, 2.05) is 42.8 Å². The van der Waals surface area contributed by atoms with E-state index in [9.17, 15) is 9.59 Å². The lowest BCUT2D eigenvalue weighted by Crippen LogP contribution is -2.45. The summed E-state index contributed by atoms with van der Waals surface area (Å²) in [6.07, 6.45) is 0.518. The van der Waals surface area contributed by atoms with Crippen LogP contribution in [-0.4, -0.2) is 73.4 Å². The van der Waals surface area contributed by atoms with Crippen molar-refractivity contribution in [2.24, 2.45) is 11.3 Å². The fourth-order valence-electron chi connectivity index (χ4n) is 4.34. The predicted molar refractivity (Wildman–Crippen MR) is 104 cm³/mol. The van der Waals surface area contributed by atoms with E-state index in [1.54, 1.807) is 7.11 Å². The summed E-state index contributed by atoms with van der Waals surface area (Å²) in [4.78, 5) is 31.2. The fraction of sp³-hybridized carbons (Fsp3) is 0.619. The maximum absolute atomic E-state index is 12.7. The Balaban J connectivity index is 1.79. The highest BCUT2D eigenvalue weighted by atomic mass is 16.5. The van der Waals surface area contributed by atoms with Crippen LogP contribution in [0.3, 0.4) is 0 Å². The molecule has 1 aromatic rings. The molecule has 1 spiro atoms. The van der Waals surface area contributed by atoms with Crippen LogP contribution < -0.4 is 4.74 Å². The highest BCUT2D eigenvalue weighted by molar-refractivity contribution is 5.80. The van der Waals surface area contributed by atoms with Gasteiger partial charge in [0.25, 0.3) is 0 Å². The Morgan fingerprint density at radius 3 is 2.41 bits per heavy atom. The summed E-state index contributed by atoms with van der Waals surface area (Å²) in [5.41, 5.74) is 1.03. The summed E-state index contributed by atoms with van der Waals surface area (Å²) in [6, 6.07) is 8.12. The lowest BCUT2D eigenvalue weighted by Gasteiger charge is -2.34. The van der Waals surface area contributed by atoms with E-state index in [0.29, 0.717) is 26.1 Å². The number of hydrogen-bond acceptors (Lipinski definition) is 4. The molecule has 0 aromatic heterocycles. The molecule has 2 amide bonds.